The van der Waals surface area contributed by atoms with Crippen molar-refractivity contribution < 1.29 is 0 Å². The van der Waals surface area contributed by atoms with E-state index in [1.54, 1.807) is 0 Å². The monoisotopic (exact) mass is 146 g/mol. The molecule has 0 radical (unpaired) electrons. The molecule has 0 saturated heterocycles. The molecule has 0 heteroatoms. The molecule has 0 aromatic rings. The molecule has 0 saturated carbocycles. The van der Waals surface area contributed by atoms with Crippen molar-refractivity contribution in [1.29, 1.82) is 0 Å². The lowest BCUT2D eigenvalue weighted by atomic mass is 10.1. The predicted molar refractivity (Wildman–Crippen MR) is 50.4 cm³/mol. The van der Waals surface area contributed by atoms with Crippen molar-refractivity contribution in [2.24, 2.45) is 0 Å². The van der Waals surface area contributed by atoms with Gasteiger partial charge in [-0.2, -0.15) is 0 Å². The molecule has 0 unspecified atom stereocenters. The van der Waals surface area contributed by atoms with E-state index in [1.807, 2.05) is 6.92 Å². The van der Waals surface area contributed by atoms with Crippen LogP contribution < -0.4 is 0 Å². The van der Waals surface area contributed by atoms with Gasteiger partial charge in [-0.05, 0) is 31.4 Å². The predicted octanol–water partition coefficient (Wildman–Crippen LogP) is 3.40. The fourth-order valence-electron chi connectivity index (χ4n) is 0.972. The van der Waals surface area contributed by atoms with Gasteiger partial charge in [0.2, 0.25) is 0 Å². The van der Waals surface area contributed by atoms with Crippen LogP contribution in [-0.4, -0.2) is 0 Å². The van der Waals surface area contributed by atoms with Crippen molar-refractivity contribution >= 4 is 0 Å². The third-order valence-corrected chi connectivity index (χ3v) is 1.88. The summed E-state index contributed by atoms with van der Waals surface area (Å²) in [7, 11) is 0. The number of allylic oxidation sites excluding steroid dienone is 7. The number of rotatable bonds is 2. The Morgan fingerprint density at radius 2 is 2.27 bits per heavy atom. The fraction of sp³-hybridized carbons (Fsp3) is 0.273. The summed E-state index contributed by atoms with van der Waals surface area (Å²) in [5.74, 6) is 0. The van der Waals surface area contributed by atoms with Crippen molar-refractivity contribution in [2.45, 2.75) is 20.3 Å². The molecule has 1 rings (SSSR count). The first-order valence-corrected chi connectivity index (χ1v) is 3.90. The van der Waals surface area contributed by atoms with Crippen molar-refractivity contribution in [3.63, 3.8) is 0 Å². The average molecular weight is 146 g/mol. The van der Waals surface area contributed by atoms with E-state index in [4.69, 9.17) is 0 Å². The van der Waals surface area contributed by atoms with Gasteiger partial charge in [-0.1, -0.05) is 36.5 Å². The van der Waals surface area contributed by atoms with E-state index in [1.165, 1.54) is 11.1 Å². The van der Waals surface area contributed by atoms with Gasteiger partial charge in [-0.15, -0.1) is 0 Å². The average Bonchev–Trinajstić information content (AvgIpc) is 2.39. The molecule has 0 aromatic carbocycles. The molecule has 58 valence electrons. The van der Waals surface area contributed by atoms with Crippen LogP contribution in [0.25, 0.3) is 0 Å². The molecule has 0 heterocycles. The first-order chi connectivity index (χ1) is 5.20. The summed E-state index contributed by atoms with van der Waals surface area (Å²) < 4.78 is 0. The second-order valence-corrected chi connectivity index (χ2v) is 2.98. The second kappa shape index (κ2) is 3.38. The third-order valence-electron chi connectivity index (χ3n) is 1.88. The van der Waals surface area contributed by atoms with Gasteiger partial charge in [-0.3, -0.25) is 0 Å². The quantitative estimate of drug-likeness (QED) is 0.524. The Labute approximate surface area is 68.6 Å². The Kier molecular flexibility index (Phi) is 2.48. The molecular formula is C11H14. The van der Waals surface area contributed by atoms with Gasteiger partial charge < -0.3 is 0 Å². The van der Waals surface area contributed by atoms with E-state index in [0.717, 1.165) is 12.0 Å². The van der Waals surface area contributed by atoms with Crippen LogP contribution in [0.4, 0.5) is 0 Å². The molecule has 1 aliphatic rings. The Morgan fingerprint density at radius 1 is 1.55 bits per heavy atom. The van der Waals surface area contributed by atoms with Crippen LogP contribution in [0.3, 0.4) is 0 Å². The highest BCUT2D eigenvalue weighted by molar-refractivity contribution is 5.38. The number of hydrogen-bond donors (Lipinski definition) is 0. The second-order valence-electron chi connectivity index (χ2n) is 2.98. The van der Waals surface area contributed by atoms with Crippen LogP contribution >= 0.6 is 0 Å². The van der Waals surface area contributed by atoms with Gasteiger partial charge in [0.1, 0.15) is 0 Å². The molecule has 0 N–H and O–H groups in total. The van der Waals surface area contributed by atoms with Crippen LogP contribution in [0.15, 0.2) is 47.6 Å². The van der Waals surface area contributed by atoms with Crippen LogP contribution in [0.5, 0.6) is 0 Å². The molecule has 0 fully saturated rings. The minimum absolute atomic E-state index is 1.07. The lowest BCUT2D eigenvalue weighted by Gasteiger charge is -1.98. The zero-order chi connectivity index (χ0) is 8.27. The molecular weight excluding hydrogens is 132 g/mol. The SMILES string of the molecule is C=C(C)C(C)=CC1=CC=CC1. The Morgan fingerprint density at radius 3 is 2.73 bits per heavy atom. The molecule has 0 aromatic heterocycles. The summed E-state index contributed by atoms with van der Waals surface area (Å²) in [4.78, 5) is 0. The van der Waals surface area contributed by atoms with Crippen molar-refractivity contribution in [2.75, 3.05) is 0 Å². The summed E-state index contributed by atoms with van der Waals surface area (Å²) in [6.07, 6.45) is 9.68. The van der Waals surface area contributed by atoms with E-state index in [9.17, 15) is 0 Å². The summed E-state index contributed by atoms with van der Waals surface area (Å²) in [5, 5.41) is 0. The minimum Gasteiger partial charge on any atom is -0.0958 e. The number of hydrogen-bond acceptors (Lipinski definition) is 0. The highest BCUT2D eigenvalue weighted by Crippen LogP contribution is 2.16. The largest absolute Gasteiger partial charge is 0.0958 e. The maximum atomic E-state index is 3.88. The summed E-state index contributed by atoms with van der Waals surface area (Å²) in [6.45, 7) is 8.02. The van der Waals surface area contributed by atoms with E-state index >= 15 is 0 Å². The lowest BCUT2D eigenvalue weighted by molar-refractivity contribution is 1.28. The third kappa shape index (κ3) is 2.23. The van der Waals surface area contributed by atoms with Gasteiger partial charge in [0.25, 0.3) is 0 Å². The fourth-order valence-corrected chi connectivity index (χ4v) is 0.972. The minimum atomic E-state index is 1.07. The van der Waals surface area contributed by atoms with E-state index in [2.05, 4.69) is 37.8 Å². The van der Waals surface area contributed by atoms with Crippen LogP contribution in [-0.2, 0) is 0 Å². The van der Waals surface area contributed by atoms with Gasteiger partial charge in [0.15, 0.2) is 0 Å². The Hall–Kier alpha value is -1.04. The normalized spacial score (nSPS) is 16.9. The molecule has 0 atom stereocenters. The van der Waals surface area contributed by atoms with E-state index in [-0.39, 0.29) is 0 Å². The molecule has 0 nitrogen and oxygen atoms in total. The highest BCUT2D eigenvalue weighted by atomic mass is 14.0. The standard InChI is InChI=1S/C11H14/c1-9(2)10(3)8-11-6-4-5-7-11/h4-6,8H,1,7H2,2-3H3. The topological polar surface area (TPSA) is 0 Å². The molecule has 1 aliphatic carbocycles. The molecule has 0 amide bonds. The Balaban J connectivity index is 2.66. The van der Waals surface area contributed by atoms with Gasteiger partial charge in [-0.25, -0.2) is 0 Å². The molecule has 0 aliphatic heterocycles. The van der Waals surface area contributed by atoms with Gasteiger partial charge >= 0.3 is 0 Å². The van der Waals surface area contributed by atoms with Crippen molar-refractivity contribution in [3.8, 4) is 0 Å². The maximum absolute atomic E-state index is 3.88. The molecule has 0 bridgehead atoms. The summed E-state index contributed by atoms with van der Waals surface area (Å²) in [6, 6.07) is 0. The first kappa shape index (κ1) is 8.06. The van der Waals surface area contributed by atoms with E-state index in [0.29, 0.717) is 0 Å². The van der Waals surface area contributed by atoms with Crippen LogP contribution in [0.2, 0.25) is 0 Å². The lowest BCUT2D eigenvalue weighted by Crippen LogP contribution is -1.78. The Bertz CT molecular complexity index is 249. The zero-order valence-corrected chi connectivity index (χ0v) is 7.22. The molecule has 0 spiro atoms. The van der Waals surface area contributed by atoms with Gasteiger partial charge in [0.05, 0.1) is 0 Å². The van der Waals surface area contributed by atoms with Gasteiger partial charge in [0, 0.05) is 0 Å². The summed E-state index contributed by atoms with van der Waals surface area (Å²) in [5.41, 5.74) is 3.81. The zero-order valence-electron chi connectivity index (χ0n) is 7.22. The molecule has 11 heavy (non-hydrogen) atoms. The van der Waals surface area contributed by atoms with Crippen molar-refractivity contribution in [1.82, 2.24) is 0 Å². The van der Waals surface area contributed by atoms with E-state index < -0.39 is 0 Å². The highest BCUT2D eigenvalue weighted by Gasteiger charge is 1.96. The van der Waals surface area contributed by atoms with Crippen LogP contribution in [0, 0.1) is 0 Å². The smallest absolute Gasteiger partial charge is 0.00942 e. The van der Waals surface area contributed by atoms with Crippen molar-refractivity contribution in [3.05, 3.63) is 47.6 Å². The summed E-state index contributed by atoms with van der Waals surface area (Å²) >= 11 is 0. The maximum Gasteiger partial charge on any atom is -0.00942 e. The first-order valence-electron chi connectivity index (χ1n) is 3.90. The van der Waals surface area contributed by atoms with Crippen LogP contribution in [0.1, 0.15) is 20.3 Å².